The molecule has 0 unspecified atom stereocenters. The summed E-state index contributed by atoms with van der Waals surface area (Å²) in [6, 6.07) is -0.342. The van der Waals surface area contributed by atoms with Gasteiger partial charge < -0.3 is 9.84 Å². The molecule has 1 heterocycles. The van der Waals surface area contributed by atoms with E-state index in [1.807, 2.05) is 0 Å². The second-order valence-electron chi connectivity index (χ2n) is 2.93. The van der Waals surface area contributed by atoms with Gasteiger partial charge in [0.05, 0.1) is 18.8 Å². The van der Waals surface area contributed by atoms with Gasteiger partial charge in [0, 0.05) is 10.9 Å². The predicted molar refractivity (Wildman–Crippen MR) is 43.7 cm³/mol. The Kier molecular flexibility index (Phi) is 2.97. The van der Waals surface area contributed by atoms with Crippen molar-refractivity contribution in [3.63, 3.8) is 0 Å². The zero-order chi connectivity index (χ0) is 9.03. The van der Waals surface area contributed by atoms with Gasteiger partial charge in [0.1, 0.15) is 7.85 Å². The third-order valence-corrected chi connectivity index (χ3v) is 2.00. The average molecular weight is 167 g/mol. The maximum Gasteiger partial charge on any atom is 0.109 e. The van der Waals surface area contributed by atoms with Crippen molar-refractivity contribution >= 4 is 7.85 Å². The number of hydrogen-bond acceptors (Lipinski definition) is 3. The Balaban J connectivity index is 2.57. The minimum atomic E-state index is -0.731. The smallest absolute Gasteiger partial charge is 0.109 e. The van der Waals surface area contributed by atoms with Crippen LogP contribution in [0.2, 0.25) is 0 Å². The van der Waals surface area contributed by atoms with Crippen LogP contribution in [0.25, 0.3) is 10.4 Å². The third kappa shape index (κ3) is 1.91. The molecule has 0 aliphatic carbocycles. The van der Waals surface area contributed by atoms with Gasteiger partial charge in [-0.15, -0.1) is 0 Å². The van der Waals surface area contributed by atoms with E-state index in [1.54, 1.807) is 0 Å². The Hall–Kier alpha value is -0.705. The molecule has 2 atom stereocenters. The first kappa shape index (κ1) is 9.38. The summed E-state index contributed by atoms with van der Waals surface area (Å²) in [7, 11) is 5.49. The van der Waals surface area contributed by atoms with Crippen molar-refractivity contribution in [1.82, 2.24) is 0 Å². The van der Waals surface area contributed by atoms with Gasteiger partial charge in [-0.25, -0.2) is 0 Å². The second-order valence-corrected chi connectivity index (χ2v) is 2.93. The van der Waals surface area contributed by atoms with Crippen LogP contribution < -0.4 is 0 Å². The lowest BCUT2D eigenvalue weighted by Crippen LogP contribution is -2.36. The minimum Gasteiger partial charge on any atom is -0.393 e. The van der Waals surface area contributed by atoms with Crippen LogP contribution in [0.15, 0.2) is 5.11 Å². The van der Waals surface area contributed by atoms with Crippen LogP contribution >= 0.6 is 0 Å². The molecule has 1 fully saturated rings. The lowest BCUT2D eigenvalue weighted by Gasteiger charge is -2.24. The summed E-state index contributed by atoms with van der Waals surface area (Å²) in [5.41, 5.74) is 7.36. The van der Waals surface area contributed by atoms with Gasteiger partial charge in [0.2, 0.25) is 0 Å². The monoisotopic (exact) mass is 167 g/mol. The maximum absolute atomic E-state index is 9.00. The largest absolute Gasteiger partial charge is 0.393 e. The molecule has 1 N–H and O–H groups in total. The van der Waals surface area contributed by atoms with Gasteiger partial charge >= 0.3 is 0 Å². The van der Waals surface area contributed by atoms with Crippen LogP contribution in [-0.2, 0) is 4.74 Å². The van der Waals surface area contributed by atoms with E-state index >= 15 is 0 Å². The minimum absolute atomic E-state index is 0.147. The molecule has 0 spiro atoms. The van der Waals surface area contributed by atoms with E-state index < -0.39 is 5.60 Å². The van der Waals surface area contributed by atoms with Gasteiger partial charge in [-0.2, -0.15) is 0 Å². The van der Waals surface area contributed by atoms with E-state index in [1.165, 1.54) is 0 Å². The number of azide groups is 1. The number of rotatable bonds is 3. The summed E-state index contributed by atoms with van der Waals surface area (Å²) < 4.78 is 5.26. The average Bonchev–Trinajstić information content (AvgIpc) is 2.45. The van der Waals surface area contributed by atoms with E-state index in [4.69, 9.17) is 23.2 Å². The van der Waals surface area contributed by atoms with E-state index in [-0.39, 0.29) is 19.2 Å². The second kappa shape index (κ2) is 3.80. The summed E-state index contributed by atoms with van der Waals surface area (Å²) in [4.78, 5) is 2.61. The maximum atomic E-state index is 9.00. The summed E-state index contributed by atoms with van der Waals surface area (Å²) >= 11 is 0. The summed E-state index contributed by atoms with van der Waals surface area (Å²) in [6.07, 6.45) is 1.34. The van der Waals surface area contributed by atoms with Gasteiger partial charge in [-0.1, -0.05) is 5.11 Å². The van der Waals surface area contributed by atoms with Gasteiger partial charge in [0.25, 0.3) is 0 Å². The summed E-state index contributed by atoms with van der Waals surface area (Å²) in [6.45, 7) is -0.00653. The highest BCUT2D eigenvalue weighted by atomic mass is 16.5. The highest BCUT2D eigenvalue weighted by Gasteiger charge is 2.36. The first-order valence-corrected chi connectivity index (χ1v) is 3.77. The van der Waals surface area contributed by atoms with Crippen LogP contribution in [0.5, 0.6) is 0 Å². The molecule has 0 bridgehead atoms. The number of hydrogen-bond donors (Lipinski definition) is 1. The molecule has 12 heavy (non-hydrogen) atoms. The van der Waals surface area contributed by atoms with Crippen molar-refractivity contribution in [2.24, 2.45) is 5.11 Å². The fourth-order valence-corrected chi connectivity index (χ4v) is 1.29. The summed E-state index contributed by atoms with van der Waals surface area (Å²) in [5, 5.41) is 12.4. The molecule has 5 nitrogen and oxygen atoms in total. The molecule has 1 rings (SSSR count). The van der Waals surface area contributed by atoms with Crippen LogP contribution in [0.3, 0.4) is 0 Å². The lowest BCUT2D eigenvalue weighted by atomic mass is 9.95. The molecule has 1 aliphatic heterocycles. The Bertz CT molecular complexity index is 207. The summed E-state index contributed by atoms with van der Waals surface area (Å²) in [5.74, 6) is 0. The van der Waals surface area contributed by atoms with E-state index in [9.17, 15) is 0 Å². The quantitative estimate of drug-likeness (QED) is 0.284. The molecule has 64 valence electrons. The normalized spacial score (nSPS) is 34.6. The fraction of sp³-hybridized carbons (Fsp3) is 1.00. The molecule has 0 aromatic rings. The zero-order valence-corrected chi connectivity index (χ0v) is 6.68. The highest BCUT2D eigenvalue weighted by Crippen LogP contribution is 2.28. The molecule has 0 saturated carbocycles. The molecule has 1 aliphatic rings. The lowest BCUT2D eigenvalue weighted by molar-refractivity contribution is -0.0432. The molecular weight excluding hydrogens is 157 g/mol. The Morgan fingerprint density at radius 2 is 2.58 bits per heavy atom. The highest BCUT2D eigenvalue weighted by molar-refractivity contribution is 6.11. The predicted octanol–water partition coefficient (Wildman–Crippen LogP) is 0.333. The topological polar surface area (TPSA) is 78.2 Å². The third-order valence-electron chi connectivity index (χ3n) is 2.00. The van der Waals surface area contributed by atoms with Gasteiger partial charge in [-0.3, -0.25) is 0 Å². The Morgan fingerprint density at radius 3 is 3.00 bits per heavy atom. The van der Waals surface area contributed by atoms with Crippen molar-refractivity contribution in [3.8, 4) is 0 Å². The Labute approximate surface area is 71.8 Å². The van der Waals surface area contributed by atoms with Crippen LogP contribution in [0.1, 0.15) is 12.8 Å². The molecule has 6 heteroatoms. The SMILES string of the molecule is [B][C@H]1CC[C@](CO)(CN=[N+]=[N-])O1. The van der Waals surface area contributed by atoms with Crippen LogP contribution in [0.4, 0.5) is 0 Å². The molecule has 1 saturated heterocycles. The molecule has 0 aromatic carbocycles. The van der Waals surface area contributed by atoms with Crippen molar-refractivity contribution in [3.05, 3.63) is 10.4 Å². The molecule has 0 aromatic heterocycles. The molecular formula is C6H10BN3O2. The number of aliphatic hydroxyl groups is 1. The number of aliphatic hydroxyl groups excluding tert-OH is 1. The standard InChI is InChI=1S/C6H10BN3O2/c7-5-1-2-6(4-11,12-5)3-9-10-8/h5,11H,1-4H2/t5-,6-/m1/s1. The van der Waals surface area contributed by atoms with Crippen molar-refractivity contribution < 1.29 is 9.84 Å². The zero-order valence-electron chi connectivity index (χ0n) is 6.68. The van der Waals surface area contributed by atoms with Crippen LogP contribution in [0, 0.1) is 0 Å². The van der Waals surface area contributed by atoms with E-state index in [0.717, 1.165) is 0 Å². The van der Waals surface area contributed by atoms with Gasteiger partial charge in [-0.05, 0) is 18.4 Å². The first-order valence-electron chi connectivity index (χ1n) is 3.77. The number of ether oxygens (including phenoxy) is 1. The number of nitrogens with zero attached hydrogens (tertiary/aromatic N) is 3. The first-order chi connectivity index (χ1) is 5.72. The molecule has 2 radical (unpaired) electrons. The fourth-order valence-electron chi connectivity index (χ4n) is 1.29. The van der Waals surface area contributed by atoms with E-state index in [0.29, 0.717) is 12.8 Å². The van der Waals surface area contributed by atoms with Crippen molar-refractivity contribution in [2.75, 3.05) is 13.2 Å². The van der Waals surface area contributed by atoms with Crippen molar-refractivity contribution in [2.45, 2.75) is 24.4 Å². The van der Waals surface area contributed by atoms with Gasteiger partial charge in [0.15, 0.2) is 0 Å². The van der Waals surface area contributed by atoms with Crippen LogP contribution in [-0.4, -0.2) is 37.7 Å². The van der Waals surface area contributed by atoms with Crippen molar-refractivity contribution in [1.29, 1.82) is 0 Å². The van der Waals surface area contributed by atoms with E-state index in [2.05, 4.69) is 10.0 Å². The Morgan fingerprint density at radius 1 is 1.83 bits per heavy atom. The molecule has 0 amide bonds.